The van der Waals surface area contributed by atoms with Gasteiger partial charge in [0.05, 0.1) is 11.0 Å². The summed E-state index contributed by atoms with van der Waals surface area (Å²) in [6.07, 6.45) is -0.582. The molecule has 3 N–H and O–H groups in total. The second-order valence-electron chi connectivity index (χ2n) is 4.62. The van der Waals surface area contributed by atoms with Crippen molar-refractivity contribution >= 4 is 22.8 Å². The van der Waals surface area contributed by atoms with Crippen LogP contribution in [-0.2, 0) is 0 Å². The molecule has 2 aromatic carbocycles. The Morgan fingerprint density at radius 1 is 1.10 bits per heavy atom. The number of amides is 1. The molecule has 3 aromatic rings. The predicted molar refractivity (Wildman–Crippen MR) is 79.7 cm³/mol. The van der Waals surface area contributed by atoms with Gasteiger partial charge in [-0.3, -0.25) is 5.32 Å². The largest absolute Gasteiger partial charge is 0.417 e. The number of nitrogens with one attached hydrogen (secondary N) is 3. The van der Waals surface area contributed by atoms with Crippen LogP contribution < -0.4 is 15.7 Å². The maximum absolute atomic E-state index is 11.9. The summed E-state index contributed by atoms with van der Waals surface area (Å²) in [5.74, 6) is 0.462. The fourth-order valence-electron chi connectivity index (χ4n) is 2.06. The van der Waals surface area contributed by atoms with Crippen LogP contribution in [0.25, 0.3) is 11.0 Å². The Balaban J connectivity index is 1.82. The molecule has 0 radical (unpaired) electrons. The van der Waals surface area contributed by atoms with E-state index in [1.165, 1.54) is 0 Å². The van der Waals surface area contributed by atoms with Gasteiger partial charge in [0.1, 0.15) is 5.75 Å². The molecule has 0 bridgehead atoms. The number of anilines is 1. The number of aromatic nitrogens is 2. The third-order valence-corrected chi connectivity index (χ3v) is 3.05. The zero-order valence-corrected chi connectivity index (χ0v) is 11.3. The number of carbonyl (C=O) groups excluding carboxylic acids is 1. The number of fused-ring (bicyclic) bond motifs is 1. The number of benzene rings is 2. The summed E-state index contributed by atoms with van der Waals surface area (Å²) in [5, 5.41) is 2.66. The van der Waals surface area contributed by atoms with Gasteiger partial charge in [0.25, 0.3) is 0 Å². The van der Waals surface area contributed by atoms with E-state index in [1.807, 2.05) is 13.0 Å². The first-order valence-electron chi connectivity index (χ1n) is 6.38. The molecule has 0 spiro atoms. The quantitative estimate of drug-likeness (QED) is 0.675. The van der Waals surface area contributed by atoms with E-state index >= 15 is 0 Å². The van der Waals surface area contributed by atoms with Crippen molar-refractivity contribution in [1.29, 1.82) is 0 Å². The Morgan fingerprint density at radius 2 is 1.76 bits per heavy atom. The highest BCUT2D eigenvalue weighted by Gasteiger charge is 2.09. The molecule has 0 saturated heterocycles. The van der Waals surface area contributed by atoms with Gasteiger partial charge in [0.2, 0.25) is 0 Å². The molecule has 0 fully saturated rings. The number of imidazole rings is 1. The van der Waals surface area contributed by atoms with Crippen LogP contribution in [0.2, 0.25) is 0 Å². The number of H-pyrrole nitrogens is 2. The normalized spacial score (nSPS) is 10.5. The molecule has 1 amide bonds. The predicted octanol–water partition coefficient (Wildman–Crippen LogP) is 2.78. The Labute approximate surface area is 119 Å². The lowest BCUT2D eigenvalue weighted by Crippen LogP contribution is -2.17. The average Bonchev–Trinajstić information content (AvgIpc) is 2.79. The first-order valence-corrected chi connectivity index (χ1v) is 6.38. The average molecular weight is 283 g/mol. The molecule has 21 heavy (non-hydrogen) atoms. The van der Waals surface area contributed by atoms with Crippen LogP contribution >= 0.6 is 0 Å². The van der Waals surface area contributed by atoms with Crippen LogP contribution in [0.15, 0.2) is 47.3 Å². The third kappa shape index (κ3) is 2.79. The second kappa shape index (κ2) is 5.16. The van der Waals surface area contributed by atoms with Crippen LogP contribution in [0, 0.1) is 6.92 Å². The van der Waals surface area contributed by atoms with Crippen molar-refractivity contribution in [3.05, 3.63) is 58.5 Å². The molecule has 0 unspecified atom stereocenters. The molecule has 6 nitrogen and oxygen atoms in total. The fraction of sp³-hybridized carbons (Fsp3) is 0.0667. The smallest absolute Gasteiger partial charge is 0.410 e. The molecular formula is C15H13N3O3. The summed E-state index contributed by atoms with van der Waals surface area (Å²) in [5.41, 5.74) is 2.44. The zero-order valence-electron chi connectivity index (χ0n) is 11.3. The van der Waals surface area contributed by atoms with Crippen molar-refractivity contribution < 1.29 is 9.53 Å². The number of hydrogen-bond donors (Lipinski definition) is 3. The maximum atomic E-state index is 11.9. The van der Waals surface area contributed by atoms with Crippen molar-refractivity contribution in [2.45, 2.75) is 6.92 Å². The molecule has 6 heteroatoms. The van der Waals surface area contributed by atoms with Gasteiger partial charge in [0.15, 0.2) is 0 Å². The lowest BCUT2D eigenvalue weighted by Gasteiger charge is -2.09. The highest BCUT2D eigenvalue weighted by molar-refractivity contribution is 5.91. The van der Waals surface area contributed by atoms with Crippen LogP contribution in [0.5, 0.6) is 5.75 Å². The van der Waals surface area contributed by atoms with E-state index in [0.717, 1.165) is 5.56 Å². The molecule has 0 atom stereocenters. The number of ether oxygens (including phenoxy) is 1. The van der Waals surface area contributed by atoms with Crippen molar-refractivity contribution in [2.75, 3.05) is 5.32 Å². The van der Waals surface area contributed by atoms with Gasteiger partial charge in [-0.05, 0) is 36.8 Å². The van der Waals surface area contributed by atoms with Gasteiger partial charge < -0.3 is 14.7 Å². The number of aryl methyl sites for hydroxylation is 1. The van der Waals surface area contributed by atoms with Crippen molar-refractivity contribution in [3.8, 4) is 5.75 Å². The first kappa shape index (κ1) is 13.0. The standard InChI is InChI=1S/C15H13N3O3/c1-9-7-12-13(17-14(19)16-12)8-11(9)18-15(20)21-10-5-3-2-4-6-10/h2-8H,1H3,(H,18,20)(H2,16,17,19). The highest BCUT2D eigenvalue weighted by Crippen LogP contribution is 2.21. The van der Waals surface area contributed by atoms with E-state index in [0.29, 0.717) is 22.5 Å². The van der Waals surface area contributed by atoms with Crippen LogP contribution in [0.1, 0.15) is 5.56 Å². The van der Waals surface area contributed by atoms with E-state index in [2.05, 4.69) is 15.3 Å². The van der Waals surface area contributed by atoms with E-state index in [1.54, 1.807) is 36.4 Å². The van der Waals surface area contributed by atoms with Crippen LogP contribution in [0.3, 0.4) is 0 Å². The van der Waals surface area contributed by atoms with E-state index < -0.39 is 6.09 Å². The summed E-state index contributed by atoms with van der Waals surface area (Å²) >= 11 is 0. The van der Waals surface area contributed by atoms with Crippen LogP contribution in [-0.4, -0.2) is 16.1 Å². The molecule has 1 heterocycles. The lowest BCUT2D eigenvalue weighted by molar-refractivity contribution is 0.215. The number of hydrogen-bond acceptors (Lipinski definition) is 3. The lowest BCUT2D eigenvalue weighted by atomic mass is 10.2. The number of carbonyl (C=O) groups is 1. The van der Waals surface area contributed by atoms with Gasteiger partial charge in [-0.25, -0.2) is 9.59 Å². The molecule has 3 rings (SSSR count). The summed E-state index contributed by atoms with van der Waals surface area (Å²) in [4.78, 5) is 28.4. The maximum Gasteiger partial charge on any atom is 0.417 e. The summed E-state index contributed by atoms with van der Waals surface area (Å²) in [6.45, 7) is 1.84. The molecule has 0 aliphatic carbocycles. The minimum absolute atomic E-state index is 0.284. The minimum Gasteiger partial charge on any atom is -0.410 e. The molecule has 0 aliphatic heterocycles. The van der Waals surface area contributed by atoms with Gasteiger partial charge in [-0.1, -0.05) is 18.2 Å². The van der Waals surface area contributed by atoms with Crippen molar-refractivity contribution in [3.63, 3.8) is 0 Å². The van der Waals surface area contributed by atoms with E-state index in [-0.39, 0.29) is 5.69 Å². The van der Waals surface area contributed by atoms with Gasteiger partial charge in [-0.2, -0.15) is 0 Å². The monoisotopic (exact) mass is 283 g/mol. The molecule has 0 saturated carbocycles. The topological polar surface area (TPSA) is 87.0 Å². The Bertz CT molecular complexity index is 849. The highest BCUT2D eigenvalue weighted by atomic mass is 16.6. The Hall–Kier alpha value is -3.02. The minimum atomic E-state index is -0.582. The Kier molecular flexibility index (Phi) is 3.19. The molecule has 106 valence electrons. The third-order valence-electron chi connectivity index (χ3n) is 3.05. The van der Waals surface area contributed by atoms with Gasteiger partial charge >= 0.3 is 11.8 Å². The van der Waals surface area contributed by atoms with E-state index in [9.17, 15) is 9.59 Å². The van der Waals surface area contributed by atoms with E-state index in [4.69, 9.17) is 4.74 Å². The van der Waals surface area contributed by atoms with Gasteiger partial charge in [0, 0.05) is 5.69 Å². The second-order valence-corrected chi connectivity index (χ2v) is 4.62. The van der Waals surface area contributed by atoms with Crippen LogP contribution in [0.4, 0.5) is 10.5 Å². The number of para-hydroxylation sites is 1. The first-order chi connectivity index (χ1) is 10.1. The summed E-state index contributed by atoms with van der Waals surface area (Å²) in [6, 6.07) is 12.3. The number of rotatable bonds is 2. The summed E-state index contributed by atoms with van der Waals surface area (Å²) < 4.78 is 5.16. The van der Waals surface area contributed by atoms with Gasteiger partial charge in [-0.15, -0.1) is 0 Å². The zero-order chi connectivity index (χ0) is 14.8. The molecule has 1 aromatic heterocycles. The number of aromatic amines is 2. The van der Waals surface area contributed by atoms with Crippen molar-refractivity contribution in [1.82, 2.24) is 9.97 Å². The fourth-order valence-corrected chi connectivity index (χ4v) is 2.06. The molecular weight excluding hydrogens is 270 g/mol. The molecule has 0 aliphatic rings. The Morgan fingerprint density at radius 3 is 2.48 bits per heavy atom. The summed E-state index contributed by atoms with van der Waals surface area (Å²) in [7, 11) is 0. The van der Waals surface area contributed by atoms with Crippen molar-refractivity contribution in [2.24, 2.45) is 0 Å². The SMILES string of the molecule is Cc1cc2[nH]c(=O)[nH]c2cc1NC(=O)Oc1ccccc1.